The summed E-state index contributed by atoms with van der Waals surface area (Å²) in [6, 6.07) is 18.7. The van der Waals surface area contributed by atoms with Crippen LogP contribution in [-0.2, 0) is 13.0 Å². The van der Waals surface area contributed by atoms with E-state index in [1.165, 1.54) is 16.7 Å². The van der Waals surface area contributed by atoms with E-state index in [9.17, 15) is 4.79 Å². The topological polar surface area (TPSA) is 36.4 Å². The lowest BCUT2D eigenvalue weighted by atomic mass is 9.99. The molecule has 0 atom stereocenters. The van der Waals surface area contributed by atoms with Crippen LogP contribution in [0.2, 0.25) is 0 Å². The van der Waals surface area contributed by atoms with Crippen molar-refractivity contribution in [3.8, 4) is 0 Å². The number of carbonyl (C=O) groups excluding carboxylic acids is 1. The second-order valence-corrected chi connectivity index (χ2v) is 7.26. The Kier molecular flexibility index (Phi) is 5.11. The minimum Gasteiger partial charge on any atom is -0.340 e. The van der Waals surface area contributed by atoms with Gasteiger partial charge in [0.15, 0.2) is 0 Å². The predicted octanol–water partition coefficient (Wildman–Crippen LogP) is 4.75. The van der Waals surface area contributed by atoms with Crippen molar-refractivity contribution in [2.24, 2.45) is 0 Å². The molecule has 0 spiro atoms. The molecular formula is C24H25N3O. The Bertz CT molecular complexity index is 998. The van der Waals surface area contributed by atoms with E-state index in [0.717, 1.165) is 30.9 Å². The minimum atomic E-state index is 0.0455. The first-order valence-electron chi connectivity index (χ1n) is 9.81. The van der Waals surface area contributed by atoms with E-state index in [1.807, 2.05) is 23.2 Å². The van der Waals surface area contributed by atoms with Gasteiger partial charge in [-0.05, 0) is 55.2 Å². The maximum Gasteiger partial charge on any atom is 0.255 e. The van der Waals surface area contributed by atoms with Gasteiger partial charge in [0.1, 0.15) is 0 Å². The molecule has 0 aliphatic carbocycles. The summed E-state index contributed by atoms with van der Waals surface area (Å²) in [5.41, 5.74) is 6.49. The second kappa shape index (κ2) is 7.85. The van der Waals surface area contributed by atoms with Crippen molar-refractivity contribution >= 4 is 17.3 Å². The second-order valence-electron chi connectivity index (χ2n) is 7.26. The standard InChI is InChI=1S/C24H25N3O/c1-3-27(22-10-6-7-18(2)13-22)23-14-21(15-25-16-23)24(28)26-12-11-19-8-4-5-9-20(19)17-26/h4-10,13-16H,3,11-12,17H2,1-2H3. The molecule has 28 heavy (non-hydrogen) atoms. The van der Waals surface area contributed by atoms with Crippen LogP contribution in [-0.4, -0.2) is 28.9 Å². The van der Waals surface area contributed by atoms with Crippen molar-refractivity contribution in [1.29, 1.82) is 0 Å². The van der Waals surface area contributed by atoms with Crippen LogP contribution in [0.4, 0.5) is 11.4 Å². The molecule has 1 amide bonds. The summed E-state index contributed by atoms with van der Waals surface area (Å²) in [7, 11) is 0. The molecular weight excluding hydrogens is 346 g/mol. The monoisotopic (exact) mass is 371 g/mol. The fraction of sp³-hybridized carbons (Fsp3) is 0.250. The molecule has 0 N–H and O–H groups in total. The normalized spacial score (nSPS) is 13.1. The molecule has 3 aromatic rings. The van der Waals surface area contributed by atoms with Crippen LogP contribution in [0, 0.1) is 6.92 Å². The third-order valence-electron chi connectivity index (χ3n) is 5.33. The van der Waals surface area contributed by atoms with E-state index in [0.29, 0.717) is 12.1 Å². The van der Waals surface area contributed by atoms with Crippen LogP contribution in [0.25, 0.3) is 0 Å². The van der Waals surface area contributed by atoms with Crippen LogP contribution in [0.1, 0.15) is 34.0 Å². The zero-order chi connectivity index (χ0) is 19.5. The number of amides is 1. The first kappa shape index (κ1) is 18.2. The molecule has 4 nitrogen and oxygen atoms in total. The Labute approximate surface area is 166 Å². The van der Waals surface area contributed by atoms with E-state index < -0.39 is 0 Å². The van der Waals surface area contributed by atoms with E-state index in [2.05, 4.69) is 66.2 Å². The molecule has 4 rings (SSSR count). The fourth-order valence-corrected chi connectivity index (χ4v) is 3.85. The summed E-state index contributed by atoms with van der Waals surface area (Å²) >= 11 is 0. The molecule has 4 heteroatoms. The van der Waals surface area contributed by atoms with Crippen molar-refractivity contribution in [3.63, 3.8) is 0 Å². The number of aromatic nitrogens is 1. The zero-order valence-electron chi connectivity index (χ0n) is 16.4. The number of fused-ring (bicyclic) bond motifs is 1. The van der Waals surface area contributed by atoms with Crippen LogP contribution in [0.5, 0.6) is 0 Å². The van der Waals surface area contributed by atoms with E-state index in [4.69, 9.17) is 0 Å². The van der Waals surface area contributed by atoms with Gasteiger partial charge in [0.25, 0.3) is 5.91 Å². The lowest BCUT2D eigenvalue weighted by Crippen LogP contribution is -2.36. The molecule has 1 aliphatic rings. The zero-order valence-corrected chi connectivity index (χ0v) is 16.4. The molecule has 1 aliphatic heterocycles. The lowest BCUT2D eigenvalue weighted by molar-refractivity contribution is 0.0734. The molecule has 0 bridgehead atoms. The van der Waals surface area contributed by atoms with Gasteiger partial charge in [-0.1, -0.05) is 36.4 Å². The summed E-state index contributed by atoms with van der Waals surface area (Å²) < 4.78 is 0. The van der Waals surface area contributed by atoms with Gasteiger partial charge in [-0.25, -0.2) is 0 Å². The number of aryl methyl sites for hydroxylation is 1. The number of hydrogen-bond donors (Lipinski definition) is 0. The molecule has 0 fully saturated rings. The van der Waals surface area contributed by atoms with Crippen molar-refractivity contribution < 1.29 is 4.79 Å². The smallest absolute Gasteiger partial charge is 0.255 e. The van der Waals surface area contributed by atoms with Gasteiger partial charge in [0, 0.05) is 31.5 Å². The Balaban J connectivity index is 1.59. The SMILES string of the molecule is CCN(c1cccc(C)c1)c1cncc(C(=O)N2CCc3ccccc3C2)c1. The maximum absolute atomic E-state index is 13.1. The highest BCUT2D eigenvalue weighted by atomic mass is 16.2. The largest absolute Gasteiger partial charge is 0.340 e. The van der Waals surface area contributed by atoms with Gasteiger partial charge >= 0.3 is 0 Å². The molecule has 0 unspecified atom stereocenters. The van der Waals surface area contributed by atoms with Gasteiger partial charge in [-0.2, -0.15) is 0 Å². The van der Waals surface area contributed by atoms with E-state index in [-0.39, 0.29) is 5.91 Å². The quantitative estimate of drug-likeness (QED) is 0.664. The highest BCUT2D eigenvalue weighted by molar-refractivity contribution is 5.95. The highest BCUT2D eigenvalue weighted by Crippen LogP contribution is 2.27. The van der Waals surface area contributed by atoms with Crippen molar-refractivity contribution in [2.75, 3.05) is 18.0 Å². The summed E-state index contributed by atoms with van der Waals surface area (Å²) in [5, 5.41) is 0. The predicted molar refractivity (Wildman–Crippen MR) is 113 cm³/mol. The summed E-state index contributed by atoms with van der Waals surface area (Å²) in [6.07, 6.45) is 4.41. The van der Waals surface area contributed by atoms with Gasteiger partial charge < -0.3 is 9.80 Å². The first-order valence-corrected chi connectivity index (χ1v) is 9.81. The summed E-state index contributed by atoms with van der Waals surface area (Å²) in [5.74, 6) is 0.0455. The minimum absolute atomic E-state index is 0.0455. The number of rotatable bonds is 4. The number of nitrogens with zero attached hydrogens (tertiary/aromatic N) is 3. The van der Waals surface area contributed by atoms with Crippen molar-refractivity contribution in [3.05, 3.63) is 89.2 Å². The van der Waals surface area contributed by atoms with Gasteiger partial charge in [0.2, 0.25) is 0 Å². The third-order valence-corrected chi connectivity index (χ3v) is 5.33. The molecule has 0 saturated heterocycles. The van der Waals surface area contributed by atoms with Gasteiger partial charge in [-0.15, -0.1) is 0 Å². The van der Waals surface area contributed by atoms with Crippen molar-refractivity contribution in [1.82, 2.24) is 9.88 Å². The van der Waals surface area contributed by atoms with Crippen LogP contribution >= 0.6 is 0 Å². The Hall–Kier alpha value is -3.14. The average molecular weight is 371 g/mol. The molecule has 0 radical (unpaired) electrons. The van der Waals surface area contributed by atoms with Crippen molar-refractivity contribution in [2.45, 2.75) is 26.8 Å². The summed E-state index contributed by atoms with van der Waals surface area (Å²) in [4.78, 5) is 21.6. The Morgan fingerprint density at radius 3 is 2.64 bits per heavy atom. The van der Waals surface area contributed by atoms with Gasteiger partial charge in [-0.3, -0.25) is 9.78 Å². The average Bonchev–Trinajstić information content (AvgIpc) is 2.74. The first-order chi connectivity index (χ1) is 13.7. The number of pyridine rings is 1. The Morgan fingerprint density at radius 1 is 1.04 bits per heavy atom. The van der Waals surface area contributed by atoms with E-state index >= 15 is 0 Å². The molecule has 2 aromatic carbocycles. The number of carbonyl (C=O) groups is 1. The Morgan fingerprint density at radius 2 is 1.86 bits per heavy atom. The van der Waals surface area contributed by atoms with Crippen LogP contribution in [0.3, 0.4) is 0 Å². The third kappa shape index (κ3) is 3.63. The number of anilines is 2. The number of hydrogen-bond acceptors (Lipinski definition) is 3. The molecule has 2 heterocycles. The maximum atomic E-state index is 13.1. The van der Waals surface area contributed by atoms with Crippen LogP contribution < -0.4 is 4.90 Å². The summed E-state index contributed by atoms with van der Waals surface area (Å²) in [6.45, 7) is 6.41. The molecule has 0 saturated carbocycles. The fourth-order valence-electron chi connectivity index (χ4n) is 3.85. The molecule has 1 aromatic heterocycles. The van der Waals surface area contributed by atoms with E-state index in [1.54, 1.807) is 6.20 Å². The van der Waals surface area contributed by atoms with Gasteiger partial charge in [0.05, 0.1) is 17.4 Å². The van der Waals surface area contributed by atoms with Crippen LogP contribution in [0.15, 0.2) is 67.0 Å². The lowest BCUT2D eigenvalue weighted by Gasteiger charge is -2.29. The highest BCUT2D eigenvalue weighted by Gasteiger charge is 2.22. The number of benzene rings is 2. The molecule has 142 valence electrons.